The van der Waals surface area contributed by atoms with Crippen molar-refractivity contribution in [1.82, 2.24) is 4.90 Å². The minimum Gasteiger partial charge on any atom is -0.341 e. The zero-order valence-electron chi connectivity index (χ0n) is 12.9. The Morgan fingerprint density at radius 1 is 1.19 bits per heavy atom. The number of amides is 1. The molecule has 0 saturated heterocycles. The van der Waals surface area contributed by atoms with Crippen LogP contribution in [0.1, 0.15) is 25.3 Å². The van der Waals surface area contributed by atoms with Crippen molar-refractivity contribution in [3.63, 3.8) is 0 Å². The molecule has 1 amide bonds. The summed E-state index contributed by atoms with van der Waals surface area (Å²) in [6, 6.07) is 14.6. The maximum absolute atomic E-state index is 12.4. The third-order valence-corrected chi connectivity index (χ3v) is 3.88. The number of hydrogen-bond donors (Lipinski definition) is 1. The molecule has 2 N–H and O–H groups in total. The summed E-state index contributed by atoms with van der Waals surface area (Å²) in [6.45, 7) is 3.14. The third-order valence-electron chi connectivity index (χ3n) is 3.88. The van der Waals surface area contributed by atoms with Gasteiger partial charge in [0, 0.05) is 20.1 Å². The Morgan fingerprint density at radius 2 is 1.90 bits per heavy atom. The Labute approximate surface area is 126 Å². The van der Waals surface area contributed by atoms with Gasteiger partial charge in [0.1, 0.15) is 0 Å². The van der Waals surface area contributed by atoms with Crippen molar-refractivity contribution < 1.29 is 4.79 Å². The van der Waals surface area contributed by atoms with Crippen molar-refractivity contribution in [2.45, 2.75) is 26.3 Å². The zero-order valence-corrected chi connectivity index (χ0v) is 12.9. The Bertz CT molecular complexity index is 609. The average molecular weight is 284 g/mol. The summed E-state index contributed by atoms with van der Waals surface area (Å²) in [5.74, 6) is 0.0907. The Morgan fingerprint density at radius 3 is 2.57 bits per heavy atom. The van der Waals surface area contributed by atoms with Crippen LogP contribution in [-0.4, -0.2) is 24.4 Å². The molecule has 0 saturated carbocycles. The van der Waals surface area contributed by atoms with E-state index in [2.05, 4.69) is 37.3 Å². The molecule has 3 heteroatoms. The maximum Gasteiger partial charge on any atom is 0.226 e. The van der Waals surface area contributed by atoms with Crippen molar-refractivity contribution in [2.24, 2.45) is 11.7 Å². The molecular weight excluding hydrogens is 260 g/mol. The van der Waals surface area contributed by atoms with E-state index >= 15 is 0 Å². The van der Waals surface area contributed by atoms with Crippen LogP contribution in [0.3, 0.4) is 0 Å². The number of rotatable bonds is 6. The lowest BCUT2D eigenvalue weighted by atomic mass is 10.0. The summed E-state index contributed by atoms with van der Waals surface area (Å²) in [7, 11) is 1.86. The minimum atomic E-state index is -0.0551. The van der Waals surface area contributed by atoms with Gasteiger partial charge in [-0.1, -0.05) is 49.7 Å². The normalized spacial score (nSPS) is 12.3. The number of fused-ring (bicyclic) bond motifs is 1. The van der Waals surface area contributed by atoms with Gasteiger partial charge in [-0.05, 0) is 28.8 Å². The van der Waals surface area contributed by atoms with E-state index in [4.69, 9.17) is 5.73 Å². The highest BCUT2D eigenvalue weighted by Gasteiger charge is 2.19. The predicted molar refractivity (Wildman–Crippen MR) is 87.9 cm³/mol. The summed E-state index contributed by atoms with van der Waals surface area (Å²) < 4.78 is 0. The van der Waals surface area contributed by atoms with Crippen LogP contribution in [0.25, 0.3) is 10.8 Å². The Balaban J connectivity index is 2.09. The summed E-state index contributed by atoms with van der Waals surface area (Å²) >= 11 is 0. The van der Waals surface area contributed by atoms with E-state index in [1.807, 2.05) is 19.2 Å². The average Bonchev–Trinajstić information content (AvgIpc) is 2.51. The number of carbonyl (C=O) groups is 1. The molecule has 0 aromatic heterocycles. The topological polar surface area (TPSA) is 46.3 Å². The fourth-order valence-corrected chi connectivity index (χ4v) is 2.69. The lowest BCUT2D eigenvalue weighted by Crippen LogP contribution is -2.36. The van der Waals surface area contributed by atoms with E-state index in [0.29, 0.717) is 13.1 Å². The lowest BCUT2D eigenvalue weighted by molar-refractivity contribution is -0.134. The molecule has 0 aliphatic rings. The van der Waals surface area contributed by atoms with Crippen molar-refractivity contribution in [3.8, 4) is 0 Å². The van der Waals surface area contributed by atoms with Crippen molar-refractivity contribution in [1.29, 1.82) is 0 Å². The largest absolute Gasteiger partial charge is 0.341 e. The fourth-order valence-electron chi connectivity index (χ4n) is 2.69. The molecule has 2 aromatic carbocycles. The quantitative estimate of drug-likeness (QED) is 0.885. The first-order chi connectivity index (χ1) is 10.2. The number of nitrogens with two attached hydrogens (primary N) is 1. The van der Waals surface area contributed by atoms with Crippen LogP contribution in [-0.2, 0) is 11.3 Å². The molecule has 2 rings (SSSR count). The van der Waals surface area contributed by atoms with Gasteiger partial charge in [0.15, 0.2) is 0 Å². The summed E-state index contributed by atoms with van der Waals surface area (Å²) in [6.07, 6.45) is 1.84. The van der Waals surface area contributed by atoms with Gasteiger partial charge in [-0.15, -0.1) is 0 Å². The first-order valence-corrected chi connectivity index (χ1v) is 7.58. The molecule has 0 fully saturated rings. The van der Waals surface area contributed by atoms with E-state index in [0.717, 1.165) is 18.4 Å². The molecule has 21 heavy (non-hydrogen) atoms. The molecule has 0 radical (unpaired) electrons. The monoisotopic (exact) mass is 284 g/mol. The highest BCUT2D eigenvalue weighted by Crippen LogP contribution is 2.17. The van der Waals surface area contributed by atoms with Crippen molar-refractivity contribution in [2.75, 3.05) is 13.6 Å². The number of carbonyl (C=O) groups excluding carboxylic acids is 1. The molecule has 2 aromatic rings. The summed E-state index contributed by atoms with van der Waals surface area (Å²) in [5, 5.41) is 2.43. The molecule has 3 nitrogen and oxygen atoms in total. The number of benzene rings is 2. The smallest absolute Gasteiger partial charge is 0.226 e. The molecule has 1 atom stereocenters. The third kappa shape index (κ3) is 3.82. The van der Waals surface area contributed by atoms with E-state index in [-0.39, 0.29) is 11.8 Å². The van der Waals surface area contributed by atoms with E-state index in [1.165, 1.54) is 10.8 Å². The van der Waals surface area contributed by atoms with Crippen LogP contribution in [0.5, 0.6) is 0 Å². The molecule has 0 heterocycles. The van der Waals surface area contributed by atoms with Gasteiger partial charge >= 0.3 is 0 Å². The van der Waals surface area contributed by atoms with Gasteiger partial charge < -0.3 is 10.6 Å². The van der Waals surface area contributed by atoms with Crippen LogP contribution in [0.2, 0.25) is 0 Å². The van der Waals surface area contributed by atoms with Crippen LogP contribution < -0.4 is 5.73 Å². The Hall–Kier alpha value is -1.87. The first-order valence-electron chi connectivity index (χ1n) is 7.58. The van der Waals surface area contributed by atoms with Gasteiger partial charge in [0.2, 0.25) is 5.91 Å². The van der Waals surface area contributed by atoms with Crippen molar-refractivity contribution in [3.05, 3.63) is 48.0 Å². The van der Waals surface area contributed by atoms with E-state index < -0.39 is 0 Å². The highest BCUT2D eigenvalue weighted by atomic mass is 16.2. The second-order valence-corrected chi connectivity index (χ2v) is 5.60. The van der Waals surface area contributed by atoms with E-state index in [1.54, 1.807) is 4.90 Å². The first kappa shape index (κ1) is 15.5. The zero-order chi connectivity index (χ0) is 15.2. The summed E-state index contributed by atoms with van der Waals surface area (Å²) in [4.78, 5) is 14.2. The molecule has 0 aliphatic carbocycles. The van der Waals surface area contributed by atoms with E-state index in [9.17, 15) is 4.79 Å². The predicted octanol–water partition coefficient (Wildman–Crippen LogP) is 3.17. The van der Waals surface area contributed by atoms with Gasteiger partial charge in [-0.25, -0.2) is 0 Å². The minimum absolute atomic E-state index is 0.0551. The fraction of sp³-hybridized carbons (Fsp3) is 0.389. The van der Waals surface area contributed by atoms with Crippen LogP contribution in [0.4, 0.5) is 0 Å². The molecule has 1 unspecified atom stereocenters. The van der Waals surface area contributed by atoms with Gasteiger partial charge in [-0.3, -0.25) is 4.79 Å². The van der Waals surface area contributed by atoms with Crippen LogP contribution >= 0.6 is 0 Å². The van der Waals surface area contributed by atoms with Crippen LogP contribution in [0.15, 0.2) is 42.5 Å². The number of hydrogen-bond acceptors (Lipinski definition) is 2. The van der Waals surface area contributed by atoms with Gasteiger partial charge in [0.05, 0.1) is 5.92 Å². The van der Waals surface area contributed by atoms with Gasteiger partial charge in [0.25, 0.3) is 0 Å². The molecule has 0 aliphatic heterocycles. The highest BCUT2D eigenvalue weighted by molar-refractivity contribution is 5.83. The number of nitrogens with zero attached hydrogens (tertiary/aromatic N) is 1. The molecule has 112 valence electrons. The second-order valence-electron chi connectivity index (χ2n) is 5.60. The Kier molecular flexibility index (Phi) is 5.34. The van der Waals surface area contributed by atoms with Crippen LogP contribution in [0, 0.1) is 5.92 Å². The lowest BCUT2D eigenvalue weighted by Gasteiger charge is -2.23. The van der Waals surface area contributed by atoms with Gasteiger partial charge in [-0.2, -0.15) is 0 Å². The maximum atomic E-state index is 12.4. The molecular formula is C18H24N2O. The molecule has 0 bridgehead atoms. The van der Waals surface area contributed by atoms with Crippen molar-refractivity contribution >= 4 is 16.7 Å². The summed E-state index contributed by atoms with van der Waals surface area (Å²) in [5.41, 5.74) is 6.87. The second kappa shape index (κ2) is 7.23. The SMILES string of the molecule is CCCC(CN)C(=O)N(C)Cc1ccc2ccccc2c1. The standard InChI is InChI=1S/C18H24N2O/c1-3-6-17(12-19)18(21)20(2)13-14-9-10-15-7-4-5-8-16(15)11-14/h4-5,7-11,17H,3,6,12-13,19H2,1-2H3. The molecule has 0 spiro atoms.